The molecule has 1 saturated carbocycles. The van der Waals surface area contributed by atoms with Crippen LogP contribution in [-0.4, -0.2) is 28.9 Å². The minimum atomic E-state index is -0.431. The van der Waals surface area contributed by atoms with E-state index in [9.17, 15) is 14.0 Å². The lowest BCUT2D eigenvalue weighted by molar-refractivity contribution is -0.122. The minimum Gasteiger partial charge on any atom is -0.483 e. The lowest BCUT2D eigenvalue weighted by atomic mass is 9.91. The van der Waals surface area contributed by atoms with Crippen molar-refractivity contribution in [1.29, 1.82) is 0 Å². The molecule has 1 aromatic heterocycles. The molecule has 0 bridgehead atoms. The fraction of sp³-hybridized carbons (Fsp3) is 0.346. The molecule has 8 heteroatoms. The molecule has 0 aliphatic heterocycles. The Morgan fingerprint density at radius 3 is 2.38 bits per heavy atom. The first kappa shape index (κ1) is 23.9. The molecule has 34 heavy (non-hydrogen) atoms. The van der Waals surface area contributed by atoms with Gasteiger partial charge in [0.15, 0.2) is 11.6 Å². The molecule has 0 spiro atoms. The maximum atomic E-state index is 13.7. The van der Waals surface area contributed by atoms with Crippen LogP contribution < -0.4 is 15.4 Å². The standard InChI is InChI=1S/C26H28FN3O3S/c27-21-8-4-5-9-23(21)33-16-25-30-22(17-34-25)26(32)29-20-13-11-19(12-14-20)28-24(31)15-10-18-6-2-1-3-7-18/h1-9,17,19-20H,10-16H2,(H,28,31)(H,29,32). The van der Waals surface area contributed by atoms with Gasteiger partial charge in [-0.05, 0) is 49.8 Å². The number of ether oxygens (including phenoxy) is 1. The first-order chi connectivity index (χ1) is 16.6. The van der Waals surface area contributed by atoms with E-state index in [1.165, 1.54) is 17.4 Å². The van der Waals surface area contributed by atoms with Crippen LogP contribution in [0.15, 0.2) is 60.0 Å². The van der Waals surface area contributed by atoms with E-state index in [0.717, 1.165) is 37.7 Å². The van der Waals surface area contributed by atoms with Gasteiger partial charge in [-0.15, -0.1) is 11.3 Å². The van der Waals surface area contributed by atoms with Crippen LogP contribution in [0.25, 0.3) is 0 Å². The number of aromatic nitrogens is 1. The number of hydrogen-bond acceptors (Lipinski definition) is 5. The molecule has 1 fully saturated rings. The Labute approximate surface area is 202 Å². The molecule has 3 aromatic rings. The van der Waals surface area contributed by atoms with Gasteiger partial charge in [-0.25, -0.2) is 9.37 Å². The van der Waals surface area contributed by atoms with Gasteiger partial charge in [0.2, 0.25) is 5.91 Å². The molecule has 0 radical (unpaired) electrons. The monoisotopic (exact) mass is 481 g/mol. The van der Waals surface area contributed by atoms with E-state index < -0.39 is 5.82 Å². The first-order valence-electron chi connectivity index (χ1n) is 11.5. The van der Waals surface area contributed by atoms with E-state index in [4.69, 9.17) is 4.74 Å². The van der Waals surface area contributed by atoms with E-state index in [2.05, 4.69) is 15.6 Å². The van der Waals surface area contributed by atoms with Gasteiger partial charge in [-0.1, -0.05) is 42.5 Å². The Hall–Kier alpha value is -3.26. The predicted octanol–water partition coefficient (Wildman–Crippen LogP) is 4.65. The highest BCUT2D eigenvalue weighted by atomic mass is 32.1. The number of benzene rings is 2. The third kappa shape index (κ3) is 6.87. The summed E-state index contributed by atoms with van der Waals surface area (Å²) in [6.07, 6.45) is 4.50. The molecule has 0 saturated heterocycles. The van der Waals surface area contributed by atoms with Gasteiger partial charge in [0.05, 0.1) is 0 Å². The number of halogens is 1. The molecule has 2 aromatic carbocycles. The van der Waals surface area contributed by atoms with Crippen molar-refractivity contribution in [3.05, 3.63) is 82.1 Å². The topological polar surface area (TPSA) is 80.3 Å². The van der Waals surface area contributed by atoms with Crippen molar-refractivity contribution in [2.75, 3.05) is 0 Å². The SMILES string of the molecule is O=C(CCc1ccccc1)NC1CCC(NC(=O)c2csc(COc3ccccc3F)n2)CC1. The van der Waals surface area contributed by atoms with Crippen molar-refractivity contribution in [3.8, 4) is 5.75 Å². The Morgan fingerprint density at radius 1 is 0.971 bits per heavy atom. The van der Waals surface area contributed by atoms with E-state index in [1.807, 2.05) is 30.3 Å². The zero-order valence-corrected chi connectivity index (χ0v) is 19.7. The number of carbonyl (C=O) groups is 2. The van der Waals surface area contributed by atoms with Gasteiger partial charge in [0.25, 0.3) is 5.91 Å². The largest absolute Gasteiger partial charge is 0.483 e. The number of hydrogen-bond donors (Lipinski definition) is 2. The van der Waals surface area contributed by atoms with E-state index in [-0.39, 0.29) is 36.3 Å². The first-order valence-corrected chi connectivity index (χ1v) is 12.4. The Bertz CT molecular complexity index is 1100. The summed E-state index contributed by atoms with van der Waals surface area (Å²) in [5.74, 6) is -0.416. The van der Waals surface area contributed by atoms with Crippen LogP contribution in [0.1, 0.15) is 53.2 Å². The number of aryl methyl sites for hydroxylation is 1. The Balaban J connectivity index is 1.17. The molecule has 6 nitrogen and oxygen atoms in total. The van der Waals surface area contributed by atoms with Crippen LogP contribution in [0.5, 0.6) is 5.75 Å². The van der Waals surface area contributed by atoms with Crippen molar-refractivity contribution in [2.45, 2.75) is 57.2 Å². The van der Waals surface area contributed by atoms with Gasteiger partial charge in [-0.3, -0.25) is 9.59 Å². The summed E-state index contributed by atoms with van der Waals surface area (Å²) in [7, 11) is 0. The highest BCUT2D eigenvalue weighted by Crippen LogP contribution is 2.21. The summed E-state index contributed by atoms with van der Waals surface area (Å²) < 4.78 is 19.1. The second-order valence-electron chi connectivity index (χ2n) is 8.42. The third-order valence-corrected chi connectivity index (χ3v) is 6.71. The fourth-order valence-electron chi connectivity index (χ4n) is 4.03. The minimum absolute atomic E-state index is 0.0600. The van der Waals surface area contributed by atoms with Gasteiger partial charge in [0.1, 0.15) is 17.3 Å². The molecule has 0 atom stereocenters. The summed E-state index contributed by atoms with van der Waals surface area (Å²) in [4.78, 5) is 29.2. The van der Waals surface area contributed by atoms with Crippen LogP contribution in [-0.2, 0) is 17.8 Å². The number of nitrogens with one attached hydrogen (secondary N) is 2. The zero-order chi connectivity index (χ0) is 23.8. The average molecular weight is 482 g/mol. The van der Waals surface area contributed by atoms with Gasteiger partial charge >= 0.3 is 0 Å². The number of para-hydroxylation sites is 1. The molecule has 4 rings (SSSR count). The van der Waals surface area contributed by atoms with Crippen LogP contribution in [0.3, 0.4) is 0 Å². The second-order valence-corrected chi connectivity index (χ2v) is 9.36. The fourth-order valence-corrected chi connectivity index (χ4v) is 4.71. The van der Waals surface area contributed by atoms with Crippen molar-refractivity contribution in [1.82, 2.24) is 15.6 Å². The van der Waals surface area contributed by atoms with Gasteiger partial charge < -0.3 is 15.4 Å². The number of carbonyl (C=O) groups excluding carboxylic acids is 2. The second kappa shape index (κ2) is 11.7. The number of thiazole rings is 1. The van der Waals surface area contributed by atoms with Crippen molar-refractivity contribution in [2.24, 2.45) is 0 Å². The molecule has 1 aliphatic rings. The zero-order valence-electron chi connectivity index (χ0n) is 18.8. The lowest BCUT2D eigenvalue weighted by Gasteiger charge is -2.29. The van der Waals surface area contributed by atoms with Crippen molar-refractivity contribution >= 4 is 23.2 Å². The third-order valence-electron chi connectivity index (χ3n) is 5.88. The van der Waals surface area contributed by atoms with Crippen LogP contribution in [0.4, 0.5) is 4.39 Å². The smallest absolute Gasteiger partial charge is 0.270 e. The van der Waals surface area contributed by atoms with Crippen LogP contribution >= 0.6 is 11.3 Å². The quantitative estimate of drug-likeness (QED) is 0.466. The summed E-state index contributed by atoms with van der Waals surface area (Å²) in [6.45, 7) is 0.105. The lowest BCUT2D eigenvalue weighted by Crippen LogP contribution is -2.43. The maximum Gasteiger partial charge on any atom is 0.270 e. The molecular formula is C26H28FN3O3S. The molecule has 2 amide bonds. The van der Waals surface area contributed by atoms with Gasteiger partial charge in [-0.2, -0.15) is 0 Å². The van der Waals surface area contributed by atoms with E-state index in [1.54, 1.807) is 23.6 Å². The van der Waals surface area contributed by atoms with Gasteiger partial charge in [0, 0.05) is 23.9 Å². The number of nitrogens with zero attached hydrogens (tertiary/aromatic N) is 1. The molecule has 1 aliphatic carbocycles. The van der Waals surface area contributed by atoms with Crippen LogP contribution in [0, 0.1) is 5.82 Å². The predicted molar refractivity (Wildman–Crippen MR) is 129 cm³/mol. The highest BCUT2D eigenvalue weighted by Gasteiger charge is 2.24. The normalized spacial score (nSPS) is 17.7. The molecule has 0 unspecified atom stereocenters. The summed E-state index contributed by atoms with van der Waals surface area (Å²) in [5, 5.41) is 8.47. The summed E-state index contributed by atoms with van der Waals surface area (Å²) in [6, 6.07) is 16.4. The summed E-state index contributed by atoms with van der Waals surface area (Å²) >= 11 is 1.31. The average Bonchev–Trinajstić information content (AvgIpc) is 3.33. The van der Waals surface area contributed by atoms with E-state index >= 15 is 0 Å². The molecule has 1 heterocycles. The Morgan fingerprint density at radius 2 is 1.65 bits per heavy atom. The molecule has 2 N–H and O–H groups in total. The maximum absolute atomic E-state index is 13.7. The van der Waals surface area contributed by atoms with E-state index in [0.29, 0.717) is 17.1 Å². The summed E-state index contributed by atoms with van der Waals surface area (Å²) in [5.41, 5.74) is 1.50. The molecular weight excluding hydrogens is 453 g/mol. The van der Waals surface area contributed by atoms with Crippen molar-refractivity contribution in [3.63, 3.8) is 0 Å². The highest BCUT2D eigenvalue weighted by molar-refractivity contribution is 7.09. The van der Waals surface area contributed by atoms with Crippen molar-refractivity contribution < 1.29 is 18.7 Å². The number of amides is 2. The number of rotatable bonds is 9. The van der Waals surface area contributed by atoms with Crippen LogP contribution in [0.2, 0.25) is 0 Å². The Kier molecular flexibility index (Phi) is 8.25. The molecule has 178 valence electrons.